The molecule has 1 N–H and O–H groups in total. The monoisotopic (exact) mass is 225 g/mol. The summed E-state index contributed by atoms with van der Waals surface area (Å²) in [6, 6.07) is 2.52. The van der Waals surface area contributed by atoms with Gasteiger partial charge in [-0.1, -0.05) is 0 Å². The molecule has 0 aliphatic carbocycles. The van der Waals surface area contributed by atoms with Crippen LogP contribution in [0.3, 0.4) is 0 Å². The van der Waals surface area contributed by atoms with Gasteiger partial charge in [0.1, 0.15) is 5.56 Å². The van der Waals surface area contributed by atoms with Gasteiger partial charge in [0.05, 0.1) is 18.6 Å². The van der Waals surface area contributed by atoms with Crippen molar-refractivity contribution in [1.29, 1.82) is 0 Å². The molecular weight excluding hydrogens is 214 g/mol. The molecule has 0 unspecified atom stereocenters. The van der Waals surface area contributed by atoms with Crippen molar-refractivity contribution < 1.29 is 19.6 Å². The van der Waals surface area contributed by atoms with Gasteiger partial charge >= 0.3 is 5.97 Å². The molecule has 0 saturated heterocycles. The Morgan fingerprint density at radius 2 is 2.19 bits per heavy atom. The average Bonchev–Trinajstić information content (AvgIpc) is 2.27. The van der Waals surface area contributed by atoms with Gasteiger partial charge in [-0.2, -0.15) is 0 Å². The van der Waals surface area contributed by atoms with Gasteiger partial charge in [0.25, 0.3) is 5.69 Å². The van der Waals surface area contributed by atoms with E-state index in [2.05, 4.69) is 4.74 Å². The number of aliphatic hydroxyl groups excluding tert-OH is 1. The van der Waals surface area contributed by atoms with E-state index in [1.807, 2.05) is 0 Å². The second-order valence-electron chi connectivity index (χ2n) is 3.20. The van der Waals surface area contributed by atoms with Gasteiger partial charge in [0, 0.05) is 6.07 Å². The van der Waals surface area contributed by atoms with Gasteiger partial charge in [0.2, 0.25) is 0 Å². The zero-order valence-corrected chi connectivity index (χ0v) is 8.89. The number of carbonyl (C=O) groups excluding carboxylic acids is 1. The lowest BCUT2D eigenvalue weighted by molar-refractivity contribution is -0.385. The zero-order chi connectivity index (χ0) is 12.3. The van der Waals surface area contributed by atoms with Crippen LogP contribution in [0.1, 0.15) is 21.5 Å². The van der Waals surface area contributed by atoms with Gasteiger partial charge in [0.15, 0.2) is 0 Å². The molecule has 0 radical (unpaired) electrons. The fourth-order valence-corrected chi connectivity index (χ4v) is 1.33. The minimum absolute atomic E-state index is 0.151. The molecule has 0 aliphatic heterocycles. The molecule has 86 valence electrons. The number of hydrogen-bond acceptors (Lipinski definition) is 5. The van der Waals surface area contributed by atoms with Crippen LogP contribution in [-0.2, 0) is 11.3 Å². The van der Waals surface area contributed by atoms with E-state index in [-0.39, 0.29) is 17.9 Å². The Balaban J connectivity index is 3.42. The molecule has 0 fully saturated rings. The summed E-state index contributed by atoms with van der Waals surface area (Å²) in [4.78, 5) is 21.4. The molecule has 0 aliphatic rings. The largest absolute Gasteiger partial charge is 0.465 e. The molecule has 6 heteroatoms. The van der Waals surface area contributed by atoms with Crippen LogP contribution >= 0.6 is 0 Å². The molecule has 6 nitrogen and oxygen atoms in total. The fraction of sp³-hybridized carbons (Fsp3) is 0.300. The van der Waals surface area contributed by atoms with Crippen LogP contribution in [0, 0.1) is 17.0 Å². The molecule has 0 amide bonds. The third kappa shape index (κ3) is 2.17. The van der Waals surface area contributed by atoms with Crippen molar-refractivity contribution in [2.24, 2.45) is 0 Å². The molecule has 0 atom stereocenters. The number of ether oxygens (including phenoxy) is 1. The maximum Gasteiger partial charge on any atom is 0.344 e. The summed E-state index contributed by atoms with van der Waals surface area (Å²) in [7, 11) is 1.14. The highest BCUT2D eigenvalue weighted by Gasteiger charge is 2.22. The first kappa shape index (κ1) is 12.1. The van der Waals surface area contributed by atoms with E-state index in [1.165, 1.54) is 12.1 Å². The van der Waals surface area contributed by atoms with Crippen molar-refractivity contribution in [2.45, 2.75) is 13.5 Å². The van der Waals surface area contributed by atoms with Crippen LogP contribution in [0.2, 0.25) is 0 Å². The molecular formula is C10H11NO5. The zero-order valence-electron chi connectivity index (χ0n) is 8.89. The summed E-state index contributed by atoms with van der Waals surface area (Å²) in [5.74, 6) is -0.790. The molecule has 0 heterocycles. The van der Waals surface area contributed by atoms with Crippen LogP contribution in [0.15, 0.2) is 12.1 Å². The van der Waals surface area contributed by atoms with Crippen molar-refractivity contribution >= 4 is 11.7 Å². The number of benzene rings is 1. The Morgan fingerprint density at radius 3 is 2.62 bits per heavy atom. The number of carbonyl (C=O) groups is 1. The highest BCUT2D eigenvalue weighted by Crippen LogP contribution is 2.24. The minimum atomic E-state index is -0.790. The van der Waals surface area contributed by atoms with Crippen molar-refractivity contribution in [1.82, 2.24) is 0 Å². The third-order valence-electron chi connectivity index (χ3n) is 2.23. The molecule has 16 heavy (non-hydrogen) atoms. The standard InChI is InChI=1S/C10H11NO5/c1-6-3-9(11(14)15)8(10(13)16-2)4-7(6)5-12/h3-4,12H,5H2,1-2H3. The second kappa shape index (κ2) is 4.71. The number of hydrogen-bond donors (Lipinski definition) is 1. The summed E-state index contributed by atoms with van der Waals surface area (Å²) >= 11 is 0. The molecule has 0 spiro atoms. The lowest BCUT2D eigenvalue weighted by atomic mass is 10.0. The van der Waals surface area contributed by atoms with Gasteiger partial charge in [-0.25, -0.2) is 4.79 Å². The molecule has 1 aromatic carbocycles. The maximum atomic E-state index is 11.3. The summed E-state index contributed by atoms with van der Waals surface area (Å²) in [6.07, 6.45) is 0. The molecule has 0 bridgehead atoms. The summed E-state index contributed by atoms with van der Waals surface area (Å²) in [5.41, 5.74) is 0.552. The van der Waals surface area contributed by atoms with Crippen LogP contribution < -0.4 is 0 Å². The van der Waals surface area contributed by atoms with Crippen molar-refractivity contribution in [3.8, 4) is 0 Å². The lowest BCUT2D eigenvalue weighted by Gasteiger charge is -2.06. The highest BCUT2D eigenvalue weighted by molar-refractivity contribution is 5.94. The van der Waals surface area contributed by atoms with Crippen LogP contribution in [0.5, 0.6) is 0 Å². The van der Waals surface area contributed by atoms with E-state index in [0.717, 1.165) is 7.11 Å². The van der Waals surface area contributed by atoms with E-state index in [0.29, 0.717) is 11.1 Å². The summed E-state index contributed by atoms with van der Waals surface area (Å²) in [6.45, 7) is 1.34. The first-order chi connectivity index (χ1) is 7.51. The van der Waals surface area contributed by atoms with Crippen molar-refractivity contribution in [2.75, 3.05) is 7.11 Å². The topological polar surface area (TPSA) is 89.7 Å². The van der Waals surface area contributed by atoms with Crippen LogP contribution in [0.25, 0.3) is 0 Å². The third-order valence-corrected chi connectivity index (χ3v) is 2.23. The second-order valence-corrected chi connectivity index (χ2v) is 3.20. The minimum Gasteiger partial charge on any atom is -0.465 e. The van der Waals surface area contributed by atoms with Crippen molar-refractivity contribution in [3.05, 3.63) is 38.9 Å². The number of rotatable bonds is 3. The van der Waals surface area contributed by atoms with E-state index in [9.17, 15) is 14.9 Å². The predicted molar refractivity (Wildman–Crippen MR) is 55.1 cm³/mol. The lowest BCUT2D eigenvalue weighted by Crippen LogP contribution is -2.07. The highest BCUT2D eigenvalue weighted by atomic mass is 16.6. The number of nitro groups is 1. The normalized spacial score (nSPS) is 9.94. The number of aryl methyl sites for hydroxylation is 1. The van der Waals surface area contributed by atoms with Gasteiger partial charge in [-0.05, 0) is 24.1 Å². The molecule has 0 aromatic heterocycles. The first-order valence-corrected chi connectivity index (χ1v) is 4.48. The van der Waals surface area contributed by atoms with Gasteiger partial charge < -0.3 is 9.84 Å². The Labute approximate surface area is 91.6 Å². The van der Waals surface area contributed by atoms with E-state index < -0.39 is 10.9 Å². The summed E-state index contributed by atoms with van der Waals surface area (Å²) in [5, 5.41) is 19.7. The van der Waals surface area contributed by atoms with Crippen LogP contribution in [0.4, 0.5) is 5.69 Å². The predicted octanol–water partition coefficient (Wildman–Crippen LogP) is 1.18. The molecule has 0 saturated carbocycles. The van der Waals surface area contributed by atoms with Gasteiger partial charge in [-0.15, -0.1) is 0 Å². The number of esters is 1. The molecule has 1 rings (SSSR count). The Bertz CT molecular complexity index is 441. The average molecular weight is 225 g/mol. The Hall–Kier alpha value is -1.95. The SMILES string of the molecule is COC(=O)c1cc(CO)c(C)cc1[N+](=O)[O-]. The number of aliphatic hydroxyl groups is 1. The number of nitrogens with zero attached hydrogens (tertiary/aromatic N) is 1. The Kier molecular flexibility index (Phi) is 3.57. The quantitative estimate of drug-likeness (QED) is 0.474. The fourth-order valence-electron chi connectivity index (χ4n) is 1.33. The first-order valence-electron chi connectivity index (χ1n) is 4.48. The summed E-state index contributed by atoms with van der Waals surface area (Å²) < 4.78 is 4.44. The van der Waals surface area contributed by atoms with Gasteiger partial charge in [-0.3, -0.25) is 10.1 Å². The Morgan fingerprint density at radius 1 is 1.56 bits per heavy atom. The number of nitro benzene ring substituents is 1. The number of methoxy groups -OCH3 is 1. The van der Waals surface area contributed by atoms with E-state index in [4.69, 9.17) is 5.11 Å². The maximum absolute atomic E-state index is 11.3. The van der Waals surface area contributed by atoms with Crippen molar-refractivity contribution in [3.63, 3.8) is 0 Å². The van der Waals surface area contributed by atoms with E-state index in [1.54, 1.807) is 6.92 Å². The van der Waals surface area contributed by atoms with E-state index >= 15 is 0 Å². The van der Waals surface area contributed by atoms with Crippen LogP contribution in [-0.4, -0.2) is 23.1 Å². The smallest absolute Gasteiger partial charge is 0.344 e. The molecule has 1 aromatic rings.